The van der Waals surface area contributed by atoms with Crippen LogP contribution in [0, 0.1) is 0 Å². The Morgan fingerprint density at radius 3 is 2.67 bits per heavy atom. The fourth-order valence-electron chi connectivity index (χ4n) is 0.375. The molecule has 0 radical (unpaired) electrons. The minimum atomic E-state index is 0.906. The van der Waals surface area contributed by atoms with Crippen LogP contribution in [-0.2, 0) is 0 Å². The standard InChI is InChI=1S/C8H11Br/c1-3-4-5-6-7-8(2)9/h4-7H,2-3H2,1H3/b5-4+,7-6-. The average molecular weight is 187 g/mol. The average Bonchev–Trinajstić information content (AvgIpc) is 1.80. The molecule has 0 atom stereocenters. The van der Waals surface area contributed by atoms with Crippen LogP contribution in [0.4, 0.5) is 0 Å². The highest BCUT2D eigenvalue weighted by Crippen LogP contribution is 2.01. The van der Waals surface area contributed by atoms with Gasteiger partial charge >= 0.3 is 0 Å². The molecule has 0 fully saturated rings. The monoisotopic (exact) mass is 186 g/mol. The van der Waals surface area contributed by atoms with Crippen molar-refractivity contribution < 1.29 is 0 Å². The van der Waals surface area contributed by atoms with E-state index in [1.54, 1.807) is 0 Å². The number of halogens is 1. The number of allylic oxidation sites excluding steroid dienone is 5. The first kappa shape index (κ1) is 8.70. The molecule has 0 spiro atoms. The molecule has 0 aliphatic carbocycles. The second-order valence-electron chi connectivity index (χ2n) is 1.64. The molecule has 0 saturated carbocycles. The summed E-state index contributed by atoms with van der Waals surface area (Å²) in [6, 6.07) is 0. The van der Waals surface area contributed by atoms with E-state index in [1.807, 2.05) is 18.2 Å². The summed E-state index contributed by atoms with van der Waals surface area (Å²) in [5, 5.41) is 0. The van der Waals surface area contributed by atoms with E-state index in [9.17, 15) is 0 Å². The quantitative estimate of drug-likeness (QED) is 0.594. The lowest BCUT2D eigenvalue weighted by atomic mass is 10.4. The highest BCUT2D eigenvalue weighted by atomic mass is 79.9. The largest absolute Gasteiger partial charge is 0.0848 e. The van der Waals surface area contributed by atoms with Gasteiger partial charge in [0.1, 0.15) is 0 Å². The maximum absolute atomic E-state index is 3.65. The number of hydrogen-bond acceptors (Lipinski definition) is 0. The summed E-state index contributed by atoms with van der Waals surface area (Å²) in [7, 11) is 0. The molecule has 0 aromatic carbocycles. The zero-order valence-corrected chi connectivity index (χ0v) is 7.19. The molecule has 0 saturated heterocycles. The van der Waals surface area contributed by atoms with Crippen molar-refractivity contribution in [3.8, 4) is 0 Å². The summed E-state index contributed by atoms with van der Waals surface area (Å²) in [6.07, 6.45) is 9.05. The van der Waals surface area contributed by atoms with E-state index in [2.05, 4.69) is 35.5 Å². The first-order chi connectivity index (χ1) is 4.27. The molecule has 0 unspecified atom stereocenters. The van der Waals surface area contributed by atoms with Crippen LogP contribution >= 0.6 is 15.9 Å². The third-order valence-electron chi connectivity index (χ3n) is 0.760. The fraction of sp³-hybridized carbons (Fsp3) is 0.250. The second-order valence-corrected chi connectivity index (χ2v) is 2.66. The van der Waals surface area contributed by atoms with Gasteiger partial charge in [-0.25, -0.2) is 0 Å². The Balaban J connectivity index is 3.47. The summed E-state index contributed by atoms with van der Waals surface area (Å²) in [5.41, 5.74) is 0. The van der Waals surface area contributed by atoms with Gasteiger partial charge in [-0.15, -0.1) is 0 Å². The molecule has 1 heteroatoms. The number of hydrogen-bond donors (Lipinski definition) is 0. The van der Waals surface area contributed by atoms with E-state index in [4.69, 9.17) is 0 Å². The minimum absolute atomic E-state index is 0.906. The van der Waals surface area contributed by atoms with Gasteiger partial charge in [-0.2, -0.15) is 0 Å². The molecular weight excluding hydrogens is 176 g/mol. The fourth-order valence-corrected chi connectivity index (χ4v) is 0.527. The first-order valence-electron chi connectivity index (χ1n) is 2.95. The van der Waals surface area contributed by atoms with Crippen molar-refractivity contribution in [2.45, 2.75) is 13.3 Å². The SMILES string of the molecule is C=C(Br)/C=C\C=C\CC. The molecule has 50 valence electrons. The Labute approximate surface area is 65.1 Å². The van der Waals surface area contributed by atoms with Crippen molar-refractivity contribution >= 4 is 15.9 Å². The highest BCUT2D eigenvalue weighted by Gasteiger charge is 1.70. The third kappa shape index (κ3) is 7.70. The maximum Gasteiger partial charge on any atom is 0.0103 e. The van der Waals surface area contributed by atoms with Gasteiger partial charge in [0.05, 0.1) is 0 Å². The predicted octanol–water partition coefficient (Wildman–Crippen LogP) is 3.42. The number of rotatable bonds is 3. The zero-order chi connectivity index (χ0) is 7.11. The van der Waals surface area contributed by atoms with E-state index < -0.39 is 0 Å². The second kappa shape index (κ2) is 5.83. The molecule has 0 N–H and O–H groups in total. The van der Waals surface area contributed by atoms with Gasteiger partial charge in [0.2, 0.25) is 0 Å². The summed E-state index contributed by atoms with van der Waals surface area (Å²) in [4.78, 5) is 0. The van der Waals surface area contributed by atoms with Gasteiger partial charge in [-0.05, 0) is 12.5 Å². The van der Waals surface area contributed by atoms with E-state index in [-0.39, 0.29) is 0 Å². The van der Waals surface area contributed by atoms with Gasteiger partial charge in [0, 0.05) is 4.48 Å². The van der Waals surface area contributed by atoms with Crippen molar-refractivity contribution in [1.82, 2.24) is 0 Å². The Morgan fingerprint density at radius 2 is 2.22 bits per heavy atom. The summed E-state index contributed by atoms with van der Waals surface area (Å²) in [5.74, 6) is 0. The molecule has 0 aromatic rings. The van der Waals surface area contributed by atoms with Crippen molar-refractivity contribution in [1.29, 1.82) is 0 Å². The van der Waals surface area contributed by atoms with Gasteiger partial charge in [0.15, 0.2) is 0 Å². The topological polar surface area (TPSA) is 0 Å². The summed E-state index contributed by atoms with van der Waals surface area (Å²) >= 11 is 3.21. The Hall–Kier alpha value is -0.300. The van der Waals surface area contributed by atoms with E-state index in [0.717, 1.165) is 10.9 Å². The van der Waals surface area contributed by atoms with Crippen molar-refractivity contribution in [2.24, 2.45) is 0 Å². The molecule has 0 amide bonds. The van der Waals surface area contributed by atoms with E-state index in [0.29, 0.717) is 0 Å². The minimum Gasteiger partial charge on any atom is -0.0848 e. The first-order valence-corrected chi connectivity index (χ1v) is 3.74. The third-order valence-corrected chi connectivity index (χ3v) is 1.02. The molecular formula is C8H11Br. The molecule has 0 aromatic heterocycles. The Kier molecular flexibility index (Phi) is 5.64. The van der Waals surface area contributed by atoms with Crippen LogP contribution in [0.25, 0.3) is 0 Å². The molecule has 9 heavy (non-hydrogen) atoms. The molecule has 0 heterocycles. The normalized spacial score (nSPS) is 11.3. The van der Waals surface area contributed by atoms with Crippen LogP contribution in [0.3, 0.4) is 0 Å². The Morgan fingerprint density at radius 1 is 1.56 bits per heavy atom. The van der Waals surface area contributed by atoms with Gasteiger partial charge in [-0.3, -0.25) is 0 Å². The van der Waals surface area contributed by atoms with E-state index in [1.165, 1.54) is 0 Å². The van der Waals surface area contributed by atoms with Crippen LogP contribution in [0.5, 0.6) is 0 Å². The maximum atomic E-state index is 3.65. The molecule has 0 nitrogen and oxygen atoms in total. The smallest absolute Gasteiger partial charge is 0.0103 e. The van der Waals surface area contributed by atoms with Crippen LogP contribution in [0.2, 0.25) is 0 Å². The highest BCUT2D eigenvalue weighted by molar-refractivity contribution is 9.11. The van der Waals surface area contributed by atoms with Gasteiger partial charge in [0.25, 0.3) is 0 Å². The lowest BCUT2D eigenvalue weighted by molar-refractivity contribution is 1.22. The van der Waals surface area contributed by atoms with Crippen molar-refractivity contribution in [2.75, 3.05) is 0 Å². The lowest BCUT2D eigenvalue weighted by Crippen LogP contribution is -1.54. The lowest BCUT2D eigenvalue weighted by Gasteiger charge is -1.77. The van der Waals surface area contributed by atoms with Crippen molar-refractivity contribution in [3.05, 3.63) is 35.4 Å². The molecule has 0 rings (SSSR count). The van der Waals surface area contributed by atoms with Crippen LogP contribution in [0.1, 0.15) is 13.3 Å². The molecule has 0 aliphatic rings. The predicted molar refractivity (Wildman–Crippen MR) is 46.6 cm³/mol. The molecule has 0 bridgehead atoms. The van der Waals surface area contributed by atoms with Crippen LogP contribution < -0.4 is 0 Å². The Bertz CT molecular complexity index is 132. The van der Waals surface area contributed by atoms with Gasteiger partial charge < -0.3 is 0 Å². The molecule has 0 aliphatic heterocycles. The van der Waals surface area contributed by atoms with E-state index >= 15 is 0 Å². The summed E-state index contributed by atoms with van der Waals surface area (Å²) in [6.45, 7) is 5.75. The van der Waals surface area contributed by atoms with Crippen LogP contribution in [-0.4, -0.2) is 0 Å². The van der Waals surface area contributed by atoms with Crippen LogP contribution in [0.15, 0.2) is 35.4 Å². The van der Waals surface area contributed by atoms with Crippen molar-refractivity contribution in [3.63, 3.8) is 0 Å². The van der Waals surface area contributed by atoms with Gasteiger partial charge in [-0.1, -0.05) is 47.7 Å². The summed E-state index contributed by atoms with van der Waals surface area (Å²) < 4.78 is 0.906. The zero-order valence-electron chi connectivity index (χ0n) is 5.60.